The fourth-order valence-electron chi connectivity index (χ4n) is 4.22. The molecule has 2 aromatic carbocycles. The molecule has 2 N–H and O–H groups in total. The number of carbonyl (C=O) groups excluding carboxylic acids is 1. The average molecular weight is 512 g/mol. The monoisotopic (exact) mass is 513 g/mol. The van der Waals surface area contributed by atoms with Gasteiger partial charge in [-0.1, -0.05) is 0 Å². The molecular weight excluding hydrogens is 473 g/mol. The van der Waals surface area contributed by atoms with Gasteiger partial charge in [0.2, 0.25) is 0 Å². The van der Waals surface area contributed by atoms with Crippen LogP contribution >= 0.6 is 0 Å². The van der Waals surface area contributed by atoms with E-state index in [9.17, 15) is 4.79 Å². The molecule has 162 valence electrons. The summed E-state index contributed by atoms with van der Waals surface area (Å²) < 4.78 is 6.13. The summed E-state index contributed by atoms with van der Waals surface area (Å²) in [6.45, 7) is 6.97. The molecule has 0 aliphatic heterocycles. The second-order valence-electron chi connectivity index (χ2n) is 8.53. The minimum atomic E-state index is -2.36. The molecule has 0 aliphatic rings. The first-order valence-electron chi connectivity index (χ1n) is 11.7. The molecule has 2 nitrogen and oxygen atoms in total. The number of benzene rings is 2. The molecule has 0 saturated carbocycles. The Morgan fingerprint density at radius 1 is 0.800 bits per heavy atom. The predicted molar refractivity (Wildman–Crippen MR) is 135 cm³/mol. The maximum absolute atomic E-state index is 12.4. The normalized spacial score (nSPS) is 11.8. The average Bonchev–Trinajstić information content (AvgIpc) is 2.78. The van der Waals surface area contributed by atoms with E-state index in [4.69, 9.17) is 5.73 Å². The van der Waals surface area contributed by atoms with E-state index in [1.165, 1.54) is 51.8 Å². The molecular formula is C27H39NOSn. The summed E-state index contributed by atoms with van der Waals surface area (Å²) in [5.74, 6) is 0.0152. The van der Waals surface area contributed by atoms with Gasteiger partial charge in [-0.25, -0.2) is 0 Å². The summed E-state index contributed by atoms with van der Waals surface area (Å²) in [7, 11) is 0. The summed E-state index contributed by atoms with van der Waals surface area (Å²) in [5, 5.41) is 0. The van der Waals surface area contributed by atoms with Gasteiger partial charge in [0, 0.05) is 0 Å². The van der Waals surface area contributed by atoms with E-state index in [1.54, 1.807) is 33.9 Å². The Kier molecular flexibility index (Phi) is 10.7. The molecule has 0 saturated heterocycles. The van der Waals surface area contributed by atoms with E-state index in [1.807, 2.05) is 6.08 Å². The van der Waals surface area contributed by atoms with Gasteiger partial charge in [0.15, 0.2) is 0 Å². The topological polar surface area (TPSA) is 43.1 Å². The van der Waals surface area contributed by atoms with E-state index >= 15 is 0 Å². The van der Waals surface area contributed by atoms with Crippen LogP contribution in [0.1, 0.15) is 75.2 Å². The zero-order chi connectivity index (χ0) is 21.8. The number of hydrogen-bond donors (Lipinski definition) is 1. The Morgan fingerprint density at radius 3 is 1.77 bits per heavy atom. The zero-order valence-electron chi connectivity index (χ0n) is 19.1. The minimum absolute atomic E-state index is 0.0152. The Hall–Kier alpha value is -1.55. The Balaban J connectivity index is 2.19. The van der Waals surface area contributed by atoms with Crippen molar-refractivity contribution in [3.63, 3.8) is 0 Å². The summed E-state index contributed by atoms with van der Waals surface area (Å²) in [6.07, 6.45) is 11.6. The van der Waals surface area contributed by atoms with Gasteiger partial charge in [0.05, 0.1) is 0 Å². The van der Waals surface area contributed by atoms with Gasteiger partial charge in [-0.2, -0.15) is 0 Å². The van der Waals surface area contributed by atoms with Gasteiger partial charge in [0.1, 0.15) is 0 Å². The SMILES string of the molecule is CCC[CH2][Sn]([CH2]CCC)([CH2]CCC)[c]1ccc(/C=C/C(=O)c2ccc(N)cc2)cc1. The second-order valence-corrected chi connectivity index (χ2v) is 21.8. The maximum atomic E-state index is 12.4. The number of nitrogen functional groups attached to an aromatic ring is 1. The van der Waals surface area contributed by atoms with E-state index in [2.05, 4.69) is 45.0 Å². The fraction of sp³-hybridized carbons (Fsp3) is 0.444. The number of unbranched alkanes of at least 4 members (excludes halogenated alkanes) is 3. The van der Waals surface area contributed by atoms with Crippen LogP contribution < -0.4 is 9.31 Å². The number of anilines is 1. The van der Waals surface area contributed by atoms with Gasteiger partial charge >= 0.3 is 188 Å². The van der Waals surface area contributed by atoms with Crippen molar-refractivity contribution in [1.29, 1.82) is 0 Å². The number of allylic oxidation sites excluding steroid dienone is 1. The zero-order valence-corrected chi connectivity index (χ0v) is 22.0. The van der Waals surface area contributed by atoms with Gasteiger partial charge in [-0.05, 0) is 0 Å². The quantitative estimate of drug-likeness (QED) is 0.133. The van der Waals surface area contributed by atoms with Crippen LogP contribution in [0.5, 0.6) is 0 Å². The van der Waals surface area contributed by atoms with Crippen molar-refractivity contribution in [3.8, 4) is 0 Å². The van der Waals surface area contributed by atoms with Crippen molar-refractivity contribution >= 4 is 39.5 Å². The first kappa shape index (κ1) is 24.7. The number of hydrogen-bond acceptors (Lipinski definition) is 2. The van der Waals surface area contributed by atoms with Crippen molar-refractivity contribution in [3.05, 3.63) is 65.7 Å². The second kappa shape index (κ2) is 13.0. The van der Waals surface area contributed by atoms with Crippen LogP contribution in [0, 0.1) is 0 Å². The predicted octanol–water partition coefficient (Wildman–Crippen LogP) is 7.22. The summed E-state index contributed by atoms with van der Waals surface area (Å²) in [5.41, 5.74) is 8.16. The van der Waals surface area contributed by atoms with E-state index in [-0.39, 0.29) is 5.78 Å². The molecule has 3 heteroatoms. The molecule has 0 unspecified atom stereocenters. The van der Waals surface area contributed by atoms with Crippen molar-refractivity contribution in [2.75, 3.05) is 5.73 Å². The third-order valence-electron chi connectivity index (χ3n) is 6.17. The van der Waals surface area contributed by atoms with Crippen LogP contribution in [0.25, 0.3) is 6.08 Å². The molecule has 2 rings (SSSR count). The third-order valence-corrected chi connectivity index (χ3v) is 21.8. The molecule has 0 spiro atoms. The van der Waals surface area contributed by atoms with Crippen LogP contribution in [-0.2, 0) is 0 Å². The number of ketones is 1. The first-order chi connectivity index (χ1) is 14.5. The molecule has 0 atom stereocenters. The number of rotatable bonds is 13. The molecule has 2 aromatic rings. The van der Waals surface area contributed by atoms with Gasteiger partial charge in [0.25, 0.3) is 0 Å². The van der Waals surface area contributed by atoms with Crippen LogP contribution in [-0.4, -0.2) is 24.2 Å². The fourth-order valence-corrected chi connectivity index (χ4v) is 20.1. The van der Waals surface area contributed by atoms with Gasteiger partial charge < -0.3 is 0 Å². The van der Waals surface area contributed by atoms with Gasteiger partial charge in [-0.3, -0.25) is 0 Å². The van der Waals surface area contributed by atoms with E-state index in [0.29, 0.717) is 11.3 Å². The van der Waals surface area contributed by atoms with E-state index in [0.717, 1.165) is 5.56 Å². The Morgan fingerprint density at radius 2 is 1.30 bits per heavy atom. The molecule has 0 aliphatic carbocycles. The van der Waals surface area contributed by atoms with Crippen molar-refractivity contribution in [1.82, 2.24) is 0 Å². The summed E-state index contributed by atoms with van der Waals surface area (Å²) >= 11 is -2.36. The number of nitrogens with two attached hydrogens (primary N) is 1. The summed E-state index contributed by atoms with van der Waals surface area (Å²) in [6, 6.07) is 16.3. The Bertz CT molecular complexity index is 771. The van der Waals surface area contributed by atoms with Crippen molar-refractivity contribution < 1.29 is 4.79 Å². The molecule has 0 amide bonds. The van der Waals surface area contributed by atoms with Crippen molar-refractivity contribution in [2.24, 2.45) is 0 Å². The molecule has 30 heavy (non-hydrogen) atoms. The van der Waals surface area contributed by atoms with Crippen LogP contribution in [0.2, 0.25) is 13.3 Å². The molecule has 0 radical (unpaired) electrons. The van der Waals surface area contributed by atoms with E-state index < -0.39 is 18.4 Å². The third kappa shape index (κ3) is 7.30. The standard InChI is InChI=1S/C15H12NO.3C4H9.Sn/c16-14-9-7-13(8-10-14)15(17)11-6-12-4-2-1-3-5-12;3*1-3-4-2;/h2-11H,16H2;3*1,3-4H2,2H3;/b11-6+;;;;. The molecule has 0 fully saturated rings. The Labute approximate surface area is 187 Å². The first-order valence-corrected chi connectivity index (χ1v) is 19.2. The van der Waals surface area contributed by atoms with Crippen LogP contribution in [0.15, 0.2) is 54.6 Å². The van der Waals surface area contributed by atoms with Gasteiger partial charge in [-0.15, -0.1) is 0 Å². The number of carbonyl (C=O) groups is 1. The summed E-state index contributed by atoms with van der Waals surface area (Å²) in [4.78, 5) is 12.4. The molecule has 0 aromatic heterocycles. The van der Waals surface area contributed by atoms with Crippen LogP contribution in [0.4, 0.5) is 5.69 Å². The van der Waals surface area contributed by atoms with Crippen molar-refractivity contribution in [2.45, 2.75) is 72.6 Å². The van der Waals surface area contributed by atoms with Crippen LogP contribution in [0.3, 0.4) is 0 Å². The molecule has 0 heterocycles. The molecule has 0 bridgehead atoms.